The van der Waals surface area contributed by atoms with Crippen LogP contribution in [-0.2, 0) is 0 Å². The lowest BCUT2D eigenvalue weighted by molar-refractivity contribution is 0.350. The van der Waals surface area contributed by atoms with Crippen LogP contribution in [0.4, 0.5) is 0 Å². The highest BCUT2D eigenvalue weighted by Gasteiger charge is 2.24. The fraction of sp³-hybridized carbons (Fsp3) is 0.600. The molecule has 0 aliphatic carbocycles. The molecule has 0 spiro atoms. The number of ether oxygens (including phenoxy) is 1. The summed E-state index contributed by atoms with van der Waals surface area (Å²) in [5.41, 5.74) is 1.07. The molecule has 0 bridgehead atoms. The number of nitrogens with zero attached hydrogens (tertiary/aromatic N) is 2. The van der Waals surface area contributed by atoms with Crippen molar-refractivity contribution in [3.8, 4) is 11.9 Å². The summed E-state index contributed by atoms with van der Waals surface area (Å²) in [5, 5.41) is 9.06. The van der Waals surface area contributed by atoms with Crippen molar-refractivity contribution in [1.82, 2.24) is 4.98 Å². The molecule has 0 amide bonds. The monoisotopic (exact) mass is 246 g/mol. The van der Waals surface area contributed by atoms with Gasteiger partial charge in [-0.2, -0.15) is 5.26 Å². The van der Waals surface area contributed by atoms with E-state index in [9.17, 15) is 0 Å². The number of rotatable bonds is 7. The third-order valence-electron chi connectivity index (χ3n) is 3.46. The van der Waals surface area contributed by atoms with Gasteiger partial charge in [0.25, 0.3) is 0 Å². The summed E-state index contributed by atoms with van der Waals surface area (Å²) in [7, 11) is 1.63. The second kappa shape index (κ2) is 7.71. The van der Waals surface area contributed by atoms with Gasteiger partial charge in [0, 0.05) is 24.1 Å². The summed E-state index contributed by atoms with van der Waals surface area (Å²) in [6, 6.07) is 6.26. The average molecular weight is 246 g/mol. The zero-order valence-electron chi connectivity index (χ0n) is 11.5. The van der Waals surface area contributed by atoms with Crippen molar-refractivity contribution in [2.24, 2.45) is 5.92 Å². The minimum atomic E-state index is 0.226. The van der Waals surface area contributed by atoms with Crippen molar-refractivity contribution in [3.63, 3.8) is 0 Å². The SMILES string of the molecule is CCCC(CC)C(CC#N)c1cccnc1OC. The Kier molecular flexibility index (Phi) is 6.21. The van der Waals surface area contributed by atoms with Crippen molar-refractivity contribution in [2.75, 3.05) is 7.11 Å². The lowest BCUT2D eigenvalue weighted by atomic mass is 9.80. The molecule has 3 heteroatoms. The van der Waals surface area contributed by atoms with E-state index in [4.69, 9.17) is 10.00 Å². The first-order valence-corrected chi connectivity index (χ1v) is 6.64. The van der Waals surface area contributed by atoms with E-state index in [1.165, 1.54) is 0 Å². The molecule has 2 unspecified atom stereocenters. The first kappa shape index (κ1) is 14.5. The van der Waals surface area contributed by atoms with Gasteiger partial charge in [-0.3, -0.25) is 0 Å². The Morgan fingerprint density at radius 2 is 2.22 bits per heavy atom. The Morgan fingerprint density at radius 3 is 2.78 bits per heavy atom. The zero-order valence-corrected chi connectivity index (χ0v) is 11.5. The van der Waals surface area contributed by atoms with E-state index < -0.39 is 0 Å². The fourth-order valence-corrected chi connectivity index (χ4v) is 2.55. The number of methoxy groups -OCH3 is 1. The molecular formula is C15H22N2O. The second-order valence-corrected chi connectivity index (χ2v) is 4.53. The van der Waals surface area contributed by atoms with E-state index in [1.54, 1.807) is 13.3 Å². The molecule has 3 nitrogen and oxygen atoms in total. The van der Waals surface area contributed by atoms with E-state index in [1.807, 2.05) is 12.1 Å². The van der Waals surface area contributed by atoms with E-state index >= 15 is 0 Å². The van der Waals surface area contributed by atoms with Crippen LogP contribution in [0, 0.1) is 17.2 Å². The molecule has 0 radical (unpaired) electrons. The molecule has 1 aromatic heterocycles. The predicted molar refractivity (Wildman–Crippen MR) is 72.4 cm³/mol. The Morgan fingerprint density at radius 1 is 1.44 bits per heavy atom. The molecule has 0 saturated heterocycles. The van der Waals surface area contributed by atoms with Crippen LogP contribution >= 0.6 is 0 Å². The third kappa shape index (κ3) is 3.46. The van der Waals surface area contributed by atoms with Gasteiger partial charge in [0.15, 0.2) is 0 Å². The van der Waals surface area contributed by atoms with Gasteiger partial charge in [-0.25, -0.2) is 4.98 Å². The highest BCUT2D eigenvalue weighted by atomic mass is 16.5. The van der Waals surface area contributed by atoms with Crippen LogP contribution in [0.3, 0.4) is 0 Å². The molecule has 18 heavy (non-hydrogen) atoms. The van der Waals surface area contributed by atoms with Gasteiger partial charge in [0.1, 0.15) is 0 Å². The first-order chi connectivity index (χ1) is 8.78. The van der Waals surface area contributed by atoms with Gasteiger partial charge in [-0.05, 0) is 12.0 Å². The number of hydrogen-bond donors (Lipinski definition) is 0. The standard InChI is InChI=1S/C15H22N2O/c1-4-7-12(5-2)13(9-10-16)14-8-6-11-17-15(14)18-3/h6,8,11-13H,4-5,7,9H2,1-3H3. The van der Waals surface area contributed by atoms with Crippen LogP contribution in [0.5, 0.6) is 5.88 Å². The first-order valence-electron chi connectivity index (χ1n) is 6.64. The molecule has 1 rings (SSSR count). The van der Waals surface area contributed by atoms with Crippen molar-refractivity contribution >= 4 is 0 Å². The quantitative estimate of drug-likeness (QED) is 0.732. The highest BCUT2D eigenvalue weighted by molar-refractivity contribution is 5.30. The van der Waals surface area contributed by atoms with Crippen LogP contribution in [-0.4, -0.2) is 12.1 Å². The van der Waals surface area contributed by atoms with Gasteiger partial charge in [-0.1, -0.05) is 39.2 Å². The molecule has 0 aliphatic rings. The lowest BCUT2D eigenvalue weighted by Crippen LogP contribution is -2.13. The normalized spacial score (nSPS) is 13.7. The maximum Gasteiger partial charge on any atom is 0.216 e. The molecule has 0 saturated carbocycles. The molecule has 0 fully saturated rings. The minimum absolute atomic E-state index is 0.226. The summed E-state index contributed by atoms with van der Waals surface area (Å²) in [4.78, 5) is 4.25. The van der Waals surface area contributed by atoms with Crippen molar-refractivity contribution in [1.29, 1.82) is 5.26 Å². The predicted octanol–water partition coefficient (Wildman–Crippen LogP) is 3.91. The van der Waals surface area contributed by atoms with Gasteiger partial charge >= 0.3 is 0 Å². The van der Waals surface area contributed by atoms with Crippen LogP contribution < -0.4 is 4.74 Å². The molecule has 1 heterocycles. The van der Waals surface area contributed by atoms with Crippen LogP contribution in [0.15, 0.2) is 18.3 Å². The van der Waals surface area contributed by atoms with Gasteiger partial charge in [0.2, 0.25) is 5.88 Å². The van der Waals surface area contributed by atoms with Crippen molar-refractivity contribution in [3.05, 3.63) is 23.9 Å². The van der Waals surface area contributed by atoms with E-state index in [0.717, 1.165) is 24.8 Å². The molecule has 0 aromatic carbocycles. The summed E-state index contributed by atoms with van der Waals surface area (Å²) in [5.74, 6) is 1.41. The Hall–Kier alpha value is -1.56. The number of pyridine rings is 1. The summed E-state index contributed by atoms with van der Waals surface area (Å²) in [6.07, 6.45) is 5.62. The average Bonchev–Trinajstić information content (AvgIpc) is 2.42. The maximum atomic E-state index is 9.06. The fourth-order valence-electron chi connectivity index (χ4n) is 2.55. The van der Waals surface area contributed by atoms with E-state index in [-0.39, 0.29) is 5.92 Å². The third-order valence-corrected chi connectivity index (χ3v) is 3.46. The van der Waals surface area contributed by atoms with Crippen LogP contribution in [0.1, 0.15) is 51.0 Å². The number of nitriles is 1. The van der Waals surface area contributed by atoms with Crippen molar-refractivity contribution in [2.45, 2.75) is 45.4 Å². The van der Waals surface area contributed by atoms with Crippen LogP contribution in [0.25, 0.3) is 0 Å². The Balaban J connectivity index is 3.06. The zero-order chi connectivity index (χ0) is 13.4. The molecule has 2 atom stereocenters. The highest BCUT2D eigenvalue weighted by Crippen LogP contribution is 2.36. The van der Waals surface area contributed by atoms with Gasteiger partial charge in [-0.15, -0.1) is 0 Å². The smallest absolute Gasteiger partial charge is 0.216 e. The molecular weight excluding hydrogens is 224 g/mol. The van der Waals surface area contributed by atoms with Crippen LogP contribution in [0.2, 0.25) is 0 Å². The molecule has 0 N–H and O–H groups in total. The molecule has 98 valence electrons. The van der Waals surface area contributed by atoms with Crippen molar-refractivity contribution < 1.29 is 4.74 Å². The Labute approximate surface area is 110 Å². The van der Waals surface area contributed by atoms with E-state index in [0.29, 0.717) is 18.2 Å². The Bertz CT molecular complexity index is 398. The number of aromatic nitrogens is 1. The summed E-state index contributed by atoms with van der Waals surface area (Å²) >= 11 is 0. The molecule has 0 aliphatic heterocycles. The number of hydrogen-bond acceptors (Lipinski definition) is 3. The van der Waals surface area contributed by atoms with Gasteiger partial charge < -0.3 is 4.74 Å². The minimum Gasteiger partial charge on any atom is -0.481 e. The lowest BCUT2D eigenvalue weighted by Gasteiger charge is -2.25. The topological polar surface area (TPSA) is 45.9 Å². The maximum absolute atomic E-state index is 9.06. The second-order valence-electron chi connectivity index (χ2n) is 4.53. The largest absolute Gasteiger partial charge is 0.481 e. The van der Waals surface area contributed by atoms with Gasteiger partial charge in [0.05, 0.1) is 13.2 Å². The van der Waals surface area contributed by atoms with E-state index in [2.05, 4.69) is 24.9 Å². The summed E-state index contributed by atoms with van der Waals surface area (Å²) in [6.45, 7) is 4.38. The molecule has 1 aromatic rings. The summed E-state index contributed by atoms with van der Waals surface area (Å²) < 4.78 is 5.32.